The van der Waals surface area contributed by atoms with Crippen LogP contribution < -0.4 is 5.73 Å². The summed E-state index contributed by atoms with van der Waals surface area (Å²) in [6, 6.07) is 0. The number of rotatable bonds is 42. The molecule has 0 fully saturated rings. The van der Waals surface area contributed by atoms with Crippen LogP contribution in [0.1, 0.15) is 194 Å². The first-order chi connectivity index (χ1) is 27.8. The van der Waals surface area contributed by atoms with Crippen molar-refractivity contribution in [1.82, 2.24) is 0 Å². The van der Waals surface area contributed by atoms with E-state index >= 15 is 0 Å². The lowest BCUT2D eigenvalue weighted by atomic mass is 10.1. The normalized spacial score (nSPS) is 13.8. The number of hydrogen-bond acceptors (Lipinski definition) is 8. The Hall–Kier alpha value is -2.29. The third-order valence-corrected chi connectivity index (χ3v) is 10.4. The molecule has 10 heteroatoms. The van der Waals surface area contributed by atoms with Gasteiger partial charge in [0.2, 0.25) is 0 Å². The summed E-state index contributed by atoms with van der Waals surface area (Å²) in [6.07, 6.45) is 51.3. The largest absolute Gasteiger partial charge is 0.472 e. The Morgan fingerprint density at radius 3 is 1.44 bits per heavy atom. The minimum absolute atomic E-state index is 0.0396. The van der Waals surface area contributed by atoms with Crippen molar-refractivity contribution in [3.63, 3.8) is 0 Å². The molecule has 0 aromatic heterocycles. The van der Waals surface area contributed by atoms with Gasteiger partial charge in [0.25, 0.3) is 0 Å². The van der Waals surface area contributed by atoms with Gasteiger partial charge in [-0.1, -0.05) is 177 Å². The van der Waals surface area contributed by atoms with Gasteiger partial charge < -0.3 is 20.1 Å². The summed E-state index contributed by atoms with van der Waals surface area (Å²) in [7, 11) is -4.40. The number of phosphoric acid groups is 1. The van der Waals surface area contributed by atoms with Gasteiger partial charge in [-0.05, 0) is 64.2 Å². The quantitative estimate of drug-likeness (QED) is 0.0267. The highest BCUT2D eigenvalue weighted by Crippen LogP contribution is 2.43. The molecule has 0 aliphatic carbocycles. The molecular formula is C47H84NO8P. The van der Waals surface area contributed by atoms with Gasteiger partial charge in [-0.15, -0.1) is 0 Å². The maximum atomic E-state index is 12.6. The fraction of sp³-hybridized carbons (Fsp3) is 0.745. The Kier molecular flexibility index (Phi) is 41.6. The summed E-state index contributed by atoms with van der Waals surface area (Å²) >= 11 is 0. The molecule has 330 valence electrons. The molecule has 1 unspecified atom stereocenters. The van der Waals surface area contributed by atoms with Crippen LogP contribution in [0.15, 0.2) is 60.8 Å². The van der Waals surface area contributed by atoms with Crippen LogP contribution in [0.4, 0.5) is 0 Å². The fourth-order valence-corrected chi connectivity index (χ4v) is 6.76. The van der Waals surface area contributed by atoms with E-state index in [1.54, 1.807) is 0 Å². The zero-order valence-corrected chi connectivity index (χ0v) is 37.2. The Morgan fingerprint density at radius 1 is 0.526 bits per heavy atom. The molecule has 0 bridgehead atoms. The van der Waals surface area contributed by atoms with Crippen molar-refractivity contribution in [1.29, 1.82) is 0 Å². The summed E-state index contributed by atoms with van der Waals surface area (Å²) in [6.45, 7) is 3.63. The van der Waals surface area contributed by atoms with Crippen LogP contribution in [0.5, 0.6) is 0 Å². The SMILES string of the molecule is CCCCCCCCC/C=C/C/C=C/C/C=C/C/C=C/CCCC(=O)OC[C@@H](COP(=O)(O)OCCN)OC(=O)CC/C=C/CCCCCCCCCCCCC. The number of ether oxygens (including phenoxy) is 2. The maximum absolute atomic E-state index is 12.6. The second-order valence-corrected chi connectivity index (χ2v) is 16.4. The number of phosphoric ester groups is 1. The van der Waals surface area contributed by atoms with Gasteiger partial charge in [0.05, 0.1) is 13.2 Å². The molecule has 0 radical (unpaired) electrons. The highest BCUT2D eigenvalue weighted by molar-refractivity contribution is 7.47. The molecule has 3 N–H and O–H groups in total. The van der Waals surface area contributed by atoms with E-state index in [1.165, 1.54) is 116 Å². The van der Waals surface area contributed by atoms with Gasteiger partial charge in [0, 0.05) is 19.4 Å². The zero-order chi connectivity index (χ0) is 41.8. The molecule has 0 aromatic rings. The third-order valence-electron chi connectivity index (χ3n) is 9.39. The van der Waals surface area contributed by atoms with Crippen molar-refractivity contribution < 1.29 is 37.6 Å². The van der Waals surface area contributed by atoms with E-state index in [1.807, 2.05) is 6.08 Å². The molecule has 0 heterocycles. The number of carbonyl (C=O) groups is 2. The monoisotopic (exact) mass is 822 g/mol. The average molecular weight is 822 g/mol. The fourth-order valence-electron chi connectivity index (χ4n) is 6.00. The average Bonchev–Trinajstić information content (AvgIpc) is 3.20. The van der Waals surface area contributed by atoms with Crippen LogP contribution in [0.25, 0.3) is 0 Å². The molecule has 0 saturated heterocycles. The first-order valence-electron chi connectivity index (χ1n) is 22.8. The van der Waals surface area contributed by atoms with E-state index in [0.717, 1.165) is 38.5 Å². The van der Waals surface area contributed by atoms with Crippen LogP contribution >= 0.6 is 7.82 Å². The van der Waals surface area contributed by atoms with E-state index in [-0.39, 0.29) is 32.6 Å². The summed E-state index contributed by atoms with van der Waals surface area (Å²) in [5.41, 5.74) is 5.34. The second kappa shape index (κ2) is 43.3. The molecule has 0 aliphatic rings. The van der Waals surface area contributed by atoms with Gasteiger partial charge in [0.1, 0.15) is 6.61 Å². The first kappa shape index (κ1) is 54.7. The van der Waals surface area contributed by atoms with Crippen molar-refractivity contribution in [2.75, 3.05) is 26.4 Å². The molecule has 2 atom stereocenters. The number of hydrogen-bond donors (Lipinski definition) is 2. The standard InChI is InChI=1S/C47H84NO8P/c1-3-5-7-9-11-13-15-17-19-20-21-22-23-24-26-27-29-31-33-35-37-39-46(49)53-43-45(44-55-57(51,52)54-42-41-48)56-47(50)40-38-36-34-32-30-28-25-18-16-14-12-10-8-6-4-2/h19-20,22-23,26-27,31,33-34,36,45H,3-18,21,24-25,28-30,32,35,37-44,48H2,1-2H3,(H,51,52)/b20-19+,23-22+,27-26+,33-31+,36-34+/t45-/m0/s1. The Bertz CT molecular complexity index is 1120. The minimum atomic E-state index is -4.40. The lowest BCUT2D eigenvalue weighted by Crippen LogP contribution is -2.29. The third kappa shape index (κ3) is 43.1. The van der Waals surface area contributed by atoms with Gasteiger partial charge in [-0.3, -0.25) is 18.6 Å². The maximum Gasteiger partial charge on any atom is 0.472 e. The summed E-state index contributed by atoms with van der Waals surface area (Å²) in [5, 5.41) is 0. The highest BCUT2D eigenvalue weighted by atomic mass is 31.2. The van der Waals surface area contributed by atoms with Gasteiger partial charge in [-0.2, -0.15) is 0 Å². The van der Waals surface area contributed by atoms with Crippen LogP contribution in [-0.4, -0.2) is 49.3 Å². The molecule has 0 aliphatic heterocycles. The van der Waals surface area contributed by atoms with Crippen molar-refractivity contribution in [2.24, 2.45) is 5.73 Å². The smallest absolute Gasteiger partial charge is 0.462 e. The Labute approximate surface area is 349 Å². The number of unbranched alkanes of at least 4 members (excludes halogenated alkanes) is 19. The number of nitrogens with two attached hydrogens (primary N) is 1. The van der Waals surface area contributed by atoms with Crippen molar-refractivity contribution in [3.05, 3.63) is 60.8 Å². The van der Waals surface area contributed by atoms with Crippen molar-refractivity contribution in [2.45, 2.75) is 200 Å². The Balaban J connectivity index is 4.26. The van der Waals surface area contributed by atoms with E-state index in [4.69, 9.17) is 24.3 Å². The van der Waals surface area contributed by atoms with Crippen LogP contribution in [0, 0.1) is 0 Å². The van der Waals surface area contributed by atoms with E-state index in [9.17, 15) is 19.0 Å². The number of carbonyl (C=O) groups excluding carboxylic acids is 2. The molecule has 57 heavy (non-hydrogen) atoms. The van der Waals surface area contributed by atoms with E-state index in [2.05, 4.69) is 68.5 Å². The summed E-state index contributed by atoms with van der Waals surface area (Å²) < 4.78 is 32.7. The minimum Gasteiger partial charge on any atom is -0.462 e. The van der Waals surface area contributed by atoms with Gasteiger partial charge >= 0.3 is 19.8 Å². The van der Waals surface area contributed by atoms with E-state index < -0.39 is 32.5 Å². The van der Waals surface area contributed by atoms with Crippen LogP contribution in [0.3, 0.4) is 0 Å². The lowest BCUT2D eigenvalue weighted by molar-refractivity contribution is -0.161. The first-order valence-corrected chi connectivity index (χ1v) is 24.3. The van der Waals surface area contributed by atoms with Crippen LogP contribution in [0.2, 0.25) is 0 Å². The number of esters is 2. The van der Waals surface area contributed by atoms with Gasteiger partial charge in [-0.25, -0.2) is 4.57 Å². The molecule has 0 rings (SSSR count). The van der Waals surface area contributed by atoms with E-state index in [0.29, 0.717) is 12.8 Å². The number of allylic oxidation sites excluding steroid dienone is 10. The second-order valence-electron chi connectivity index (χ2n) is 14.9. The van der Waals surface area contributed by atoms with Gasteiger partial charge in [0.15, 0.2) is 6.10 Å². The lowest BCUT2D eigenvalue weighted by Gasteiger charge is -2.19. The summed E-state index contributed by atoms with van der Waals surface area (Å²) in [5.74, 6) is -0.952. The molecule has 9 nitrogen and oxygen atoms in total. The molecule has 0 aromatic carbocycles. The molecule has 0 saturated carbocycles. The van der Waals surface area contributed by atoms with Crippen LogP contribution in [-0.2, 0) is 32.7 Å². The highest BCUT2D eigenvalue weighted by Gasteiger charge is 2.25. The summed E-state index contributed by atoms with van der Waals surface area (Å²) in [4.78, 5) is 34.8. The molecular weight excluding hydrogens is 737 g/mol. The predicted octanol–water partition coefficient (Wildman–Crippen LogP) is 13.3. The molecule has 0 amide bonds. The Morgan fingerprint density at radius 2 is 0.947 bits per heavy atom. The van der Waals surface area contributed by atoms with Crippen molar-refractivity contribution >= 4 is 19.8 Å². The molecule has 0 spiro atoms. The van der Waals surface area contributed by atoms with Crippen molar-refractivity contribution in [3.8, 4) is 0 Å². The topological polar surface area (TPSA) is 134 Å². The predicted molar refractivity (Wildman–Crippen MR) is 238 cm³/mol. The zero-order valence-electron chi connectivity index (χ0n) is 36.3.